The summed E-state index contributed by atoms with van der Waals surface area (Å²) in [5.41, 5.74) is 12.3. The van der Waals surface area contributed by atoms with Crippen molar-refractivity contribution in [3.05, 3.63) is 70.8 Å². The lowest BCUT2D eigenvalue weighted by atomic mass is 9.81. The van der Waals surface area contributed by atoms with Gasteiger partial charge < -0.3 is 5.73 Å². The number of fused-ring (bicyclic) bond motifs is 1. The predicted octanol–water partition coefficient (Wildman–Crippen LogP) is 4.37. The second-order valence-corrected chi connectivity index (χ2v) is 6.41. The molecule has 1 atom stereocenters. The van der Waals surface area contributed by atoms with Gasteiger partial charge >= 0.3 is 0 Å². The summed E-state index contributed by atoms with van der Waals surface area (Å²) in [5, 5.41) is 0. The first-order valence-electron chi connectivity index (χ1n) is 8.16. The zero-order chi connectivity index (χ0) is 14.7. The van der Waals surface area contributed by atoms with Crippen molar-refractivity contribution in [3.8, 4) is 0 Å². The van der Waals surface area contributed by atoms with E-state index in [9.17, 15) is 0 Å². The van der Waals surface area contributed by atoms with Crippen LogP contribution in [0.4, 0.5) is 0 Å². The van der Waals surface area contributed by atoms with Gasteiger partial charge in [-0.3, -0.25) is 0 Å². The maximum atomic E-state index is 6.81. The van der Waals surface area contributed by atoms with Gasteiger partial charge in [0.05, 0.1) is 0 Å². The average molecular weight is 279 g/mol. The van der Waals surface area contributed by atoms with Crippen molar-refractivity contribution in [1.82, 2.24) is 0 Å². The van der Waals surface area contributed by atoms with Crippen LogP contribution in [0.15, 0.2) is 48.5 Å². The molecule has 110 valence electrons. The van der Waals surface area contributed by atoms with Gasteiger partial charge in [-0.2, -0.15) is 0 Å². The molecule has 0 radical (unpaired) electrons. The van der Waals surface area contributed by atoms with E-state index in [1.54, 1.807) is 5.56 Å². The summed E-state index contributed by atoms with van der Waals surface area (Å²) in [4.78, 5) is 0. The standard InChI is InChI=1S/C20H25N/c1-2-13-20(21,19-9-4-3-5-10-19)15-16-11-12-17-7-6-8-18(17)14-16/h3-5,9-12,14H,2,6-8,13,15,21H2,1H3. The molecule has 3 rings (SSSR count). The lowest BCUT2D eigenvalue weighted by Crippen LogP contribution is -2.39. The van der Waals surface area contributed by atoms with Crippen LogP contribution in [-0.2, 0) is 24.8 Å². The number of hydrogen-bond donors (Lipinski definition) is 1. The van der Waals surface area contributed by atoms with Gasteiger partial charge in [-0.1, -0.05) is 61.9 Å². The highest BCUT2D eigenvalue weighted by Crippen LogP contribution is 2.30. The molecule has 0 heterocycles. The summed E-state index contributed by atoms with van der Waals surface area (Å²) < 4.78 is 0. The molecule has 0 aliphatic heterocycles. The molecule has 2 aromatic rings. The first-order chi connectivity index (χ1) is 10.2. The minimum atomic E-state index is -0.247. The molecule has 0 fully saturated rings. The molecule has 2 aromatic carbocycles. The summed E-state index contributed by atoms with van der Waals surface area (Å²) in [5.74, 6) is 0. The van der Waals surface area contributed by atoms with E-state index in [1.807, 2.05) is 0 Å². The van der Waals surface area contributed by atoms with Crippen molar-refractivity contribution < 1.29 is 0 Å². The Morgan fingerprint density at radius 2 is 1.76 bits per heavy atom. The van der Waals surface area contributed by atoms with Crippen LogP contribution in [0.25, 0.3) is 0 Å². The predicted molar refractivity (Wildman–Crippen MR) is 89.4 cm³/mol. The second-order valence-electron chi connectivity index (χ2n) is 6.41. The Kier molecular flexibility index (Phi) is 4.12. The van der Waals surface area contributed by atoms with Crippen LogP contribution in [0.2, 0.25) is 0 Å². The van der Waals surface area contributed by atoms with E-state index in [0.29, 0.717) is 0 Å². The Labute approximate surface area is 128 Å². The van der Waals surface area contributed by atoms with Crippen LogP contribution in [0.1, 0.15) is 48.4 Å². The lowest BCUT2D eigenvalue weighted by molar-refractivity contribution is 0.400. The number of nitrogens with two attached hydrogens (primary N) is 1. The summed E-state index contributed by atoms with van der Waals surface area (Å²) in [6.07, 6.45) is 6.85. The second kappa shape index (κ2) is 6.03. The minimum Gasteiger partial charge on any atom is -0.321 e. The summed E-state index contributed by atoms with van der Waals surface area (Å²) in [6, 6.07) is 17.6. The fourth-order valence-corrected chi connectivity index (χ4v) is 3.65. The van der Waals surface area contributed by atoms with E-state index in [2.05, 4.69) is 55.5 Å². The van der Waals surface area contributed by atoms with Gasteiger partial charge in [-0.25, -0.2) is 0 Å². The molecule has 0 aromatic heterocycles. The molecular weight excluding hydrogens is 254 g/mol. The highest BCUT2D eigenvalue weighted by Gasteiger charge is 2.27. The van der Waals surface area contributed by atoms with Gasteiger partial charge in [0.2, 0.25) is 0 Å². The van der Waals surface area contributed by atoms with Crippen molar-refractivity contribution >= 4 is 0 Å². The molecule has 0 amide bonds. The molecule has 0 bridgehead atoms. The van der Waals surface area contributed by atoms with Gasteiger partial charge in [-0.15, -0.1) is 0 Å². The van der Waals surface area contributed by atoms with Gasteiger partial charge in [0, 0.05) is 5.54 Å². The summed E-state index contributed by atoms with van der Waals surface area (Å²) in [7, 11) is 0. The monoisotopic (exact) mass is 279 g/mol. The lowest BCUT2D eigenvalue weighted by Gasteiger charge is -2.30. The number of rotatable bonds is 5. The van der Waals surface area contributed by atoms with E-state index < -0.39 is 0 Å². The van der Waals surface area contributed by atoms with E-state index >= 15 is 0 Å². The molecular formula is C20H25N. The fraction of sp³-hybridized carbons (Fsp3) is 0.400. The molecule has 21 heavy (non-hydrogen) atoms. The Balaban J connectivity index is 1.88. The van der Waals surface area contributed by atoms with Crippen LogP contribution >= 0.6 is 0 Å². The first-order valence-corrected chi connectivity index (χ1v) is 8.16. The zero-order valence-electron chi connectivity index (χ0n) is 12.9. The first kappa shape index (κ1) is 14.3. The van der Waals surface area contributed by atoms with Crippen molar-refractivity contribution in [2.24, 2.45) is 5.73 Å². The van der Waals surface area contributed by atoms with E-state index in [0.717, 1.165) is 19.3 Å². The molecule has 0 saturated heterocycles. The summed E-state index contributed by atoms with van der Waals surface area (Å²) in [6.45, 7) is 2.22. The minimum absolute atomic E-state index is 0.247. The van der Waals surface area contributed by atoms with E-state index in [4.69, 9.17) is 5.73 Å². The molecule has 1 aliphatic rings. The molecule has 1 unspecified atom stereocenters. The highest BCUT2D eigenvalue weighted by atomic mass is 14.7. The zero-order valence-corrected chi connectivity index (χ0v) is 12.9. The molecule has 2 N–H and O–H groups in total. The van der Waals surface area contributed by atoms with Crippen molar-refractivity contribution in [2.75, 3.05) is 0 Å². The van der Waals surface area contributed by atoms with Crippen LogP contribution in [-0.4, -0.2) is 0 Å². The third-order valence-corrected chi connectivity index (χ3v) is 4.73. The van der Waals surface area contributed by atoms with Crippen molar-refractivity contribution in [1.29, 1.82) is 0 Å². The van der Waals surface area contributed by atoms with Gasteiger partial charge in [0.1, 0.15) is 0 Å². The van der Waals surface area contributed by atoms with Crippen LogP contribution in [0.5, 0.6) is 0 Å². The molecule has 0 spiro atoms. The topological polar surface area (TPSA) is 26.0 Å². The Hall–Kier alpha value is -1.60. The fourth-order valence-electron chi connectivity index (χ4n) is 3.65. The van der Waals surface area contributed by atoms with Crippen LogP contribution in [0.3, 0.4) is 0 Å². The number of hydrogen-bond acceptors (Lipinski definition) is 1. The van der Waals surface area contributed by atoms with Crippen LogP contribution < -0.4 is 5.73 Å². The average Bonchev–Trinajstić information content (AvgIpc) is 2.96. The maximum Gasteiger partial charge on any atom is 0.0450 e. The Morgan fingerprint density at radius 1 is 1.00 bits per heavy atom. The van der Waals surface area contributed by atoms with Crippen molar-refractivity contribution in [3.63, 3.8) is 0 Å². The van der Waals surface area contributed by atoms with E-state index in [1.165, 1.54) is 36.0 Å². The van der Waals surface area contributed by atoms with Crippen LogP contribution in [0, 0.1) is 0 Å². The maximum absolute atomic E-state index is 6.81. The molecule has 0 saturated carbocycles. The van der Waals surface area contributed by atoms with Gasteiger partial charge in [0.15, 0.2) is 0 Å². The van der Waals surface area contributed by atoms with Gasteiger partial charge in [-0.05, 0) is 54.4 Å². The molecule has 1 heteroatoms. The van der Waals surface area contributed by atoms with Gasteiger partial charge in [0.25, 0.3) is 0 Å². The Morgan fingerprint density at radius 3 is 2.52 bits per heavy atom. The number of benzene rings is 2. The molecule has 1 aliphatic carbocycles. The van der Waals surface area contributed by atoms with E-state index in [-0.39, 0.29) is 5.54 Å². The third-order valence-electron chi connectivity index (χ3n) is 4.73. The van der Waals surface area contributed by atoms with Crippen molar-refractivity contribution in [2.45, 2.75) is 51.0 Å². The highest BCUT2D eigenvalue weighted by molar-refractivity contribution is 5.37. The molecule has 1 nitrogen and oxygen atoms in total. The third kappa shape index (κ3) is 3.03. The smallest absolute Gasteiger partial charge is 0.0450 e. The quantitative estimate of drug-likeness (QED) is 0.864. The normalized spacial score (nSPS) is 16.5. The summed E-state index contributed by atoms with van der Waals surface area (Å²) >= 11 is 0. The largest absolute Gasteiger partial charge is 0.321 e. The Bertz CT molecular complexity index is 602. The number of aryl methyl sites for hydroxylation is 2. The SMILES string of the molecule is CCCC(N)(Cc1ccc2c(c1)CCC2)c1ccccc1.